The second kappa shape index (κ2) is 14.3. The van der Waals surface area contributed by atoms with E-state index in [1.165, 1.54) is 0 Å². The zero-order valence-corrected chi connectivity index (χ0v) is 37.7. The van der Waals surface area contributed by atoms with Crippen molar-refractivity contribution in [2.45, 2.75) is 19.3 Å². The van der Waals surface area contributed by atoms with Crippen molar-refractivity contribution in [1.29, 1.82) is 0 Å². The molecule has 0 bridgehead atoms. The molecule has 2 aromatic rings. The van der Waals surface area contributed by atoms with Gasteiger partial charge in [0.2, 0.25) is 0 Å². The van der Waals surface area contributed by atoms with Crippen molar-refractivity contribution in [2.24, 2.45) is 0 Å². The predicted molar refractivity (Wildman–Crippen MR) is 189 cm³/mol. The molecule has 0 spiro atoms. The fourth-order valence-electron chi connectivity index (χ4n) is 2.60. The van der Waals surface area contributed by atoms with Gasteiger partial charge in [0.1, 0.15) is 6.47 Å². The Bertz CT molecular complexity index is 924. The number of alkyl halides is 4. The lowest BCUT2D eigenvalue weighted by Crippen LogP contribution is -2.18. The molecule has 0 unspecified atom stereocenters. The van der Waals surface area contributed by atoms with Gasteiger partial charge in [0.15, 0.2) is 0 Å². The Kier molecular flexibility index (Phi) is 14.9. The van der Waals surface area contributed by atoms with Crippen LogP contribution in [0.25, 0.3) is 0 Å². The average Bonchev–Trinajstić information content (AvgIpc) is 2.73. The monoisotopic (exact) mass is 1340 g/mol. The molecule has 0 amide bonds. The van der Waals surface area contributed by atoms with E-state index in [9.17, 15) is 0 Å². The molecular formula is C18H8Br14O. The lowest BCUT2D eigenvalue weighted by Gasteiger charge is -2.27. The van der Waals surface area contributed by atoms with Crippen LogP contribution in [0, 0.1) is 0 Å². The van der Waals surface area contributed by atoms with Gasteiger partial charge in [-0.15, -0.1) is 0 Å². The summed E-state index contributed by atoms with van der Waals surface area (Å²) in [6.45, 7) is 1.07. The van der Waals surface area contributed by atoms with Crippen LogP contribution in [0.2, 0.25) is 0 Å². The zero-order valence-electron chi connectivity index (χ0n) is 15.5. The van der Waals surface area contributed by atoms with Gasteiger partial charge in [0.05, 0.1) is 0 Å². The van der Waals surface area contributed by atoms with Gasteiger partial charge >= 0.3 is 0 Å². The Morgan fingerprint density at radius 1 is 0.394 bits per heavy atom. The first kappa shape index (κ1) is 34.3. The summed E-state index contributed by atoms with van der Waals surface area (Å²) < 4.78 is 14.3. The van der Waals surface area contributed by atoms with Crippen molar-refractivity contribution in [3.8, 4) is 0 Å². The topological polar surface area (TPSA) is 9.23 Å². The number of hydrogen-bond acceptors (Lipinski definition) is 1. The van der Waals surface area contributed by atoms with Gasteiger partial charge in [-0.25, -0.2) is 0 Å². The number of rotatable bonds is 8. The lowest BCUT2D eigenvalue weighted by molar-refractivity contribution is 0.126. The van der Waals surface area contributed by atoms with Crippen LogP contribution in [-0.2, 0) is 11.2 Å². The predicted octanol–water partition coefficient (Wildman–Crippen LogP) is 14.7. The van der Waals surface area contributed by atoms with Crippen LogP contribution in [0.3, 0.4) is 0 Å². The lowest BCUT2D eigenvalue weighted by atomic mass is 10.1. The van der Waals surface area contributed by atoms with Crippen molar-refractivity contribution in [2.75, 3.05) is 13.2 Å². The highest BCUT2D eigenvalue weighted by Crippen LogP contribution is 2.55. The van der Waals surface area contributed by atoms with Crippen molar-refractivity contribution in [3.63, 3.8) is 0 Å². The minimum absolute atomic E-state index is 0.503. The fraction of sp³-hybridized carbons (Fsp3) is 0.333. The van der Waals surface area contributed by atoms with Crippen molar-refractivity contribution in [1.82, 2.24) is 0 Å². The minimum atomic E-state index is -0.503. The van der Waals surface area contributed by atoms with Gasteiger partial charge < -0.3 is 4.74 Å². The Labute approximate surface area is 310 Å². The van der Waals surface area contributed by atoms with Gasteiger partial charge in [0, 0.05) is 81.9 Å². The van der Waals surface area contributed by atoms with E-state index in [1.54, 1.807) is 0 Å². The average molecular weight is 1360 g/mol. The molecule has 0 saturated carbocycles. The first-order valence-corrected chi connectivity index (χ1v) is 19.5. The molecule has 0 aliphatic rings. The van der Waals surface area contributed by atoms with E-state index in [2.05, 4.69) is 223 Å². The summed E-state index contributed by atoms with van der Waals surface area (Å²) in [6.07, 6.45) is 1.37. The molecule has 0 aliphatic heterocycles. The molecular weight excluding hydrogens is 1350 g/mol. The van der Waals surface area contributed by atoms with Crippen LogP contribution in [-0.4, -0.2) is 13.2 Å². The molecule has 0 fully saturated rings. The molecule has 184 valence electrons. The summed E-state index contributed by atoms with van der Waals surface area (Å²) in [7, 11) is 0. The quantitative estimate of drug-likeness (QED) is 0.111. The van der Waals surface area contributed by atoms with Crippen molar-refractivity contribution < 1.29 is 4.74 Å². The molecule has 0 atom stereocenters. The first-order valence-electron chi connectivity index (χ1n) is 8.43. The number of hydrogen-bond donors (Lipinski definition) is 0. The highest BCUT2D eigenvalue weighted by Gasteiger charge is 2.35. The van der Waals surface area contributed by atoms with Crippen LogP contribution in [0.5, 0.6) is 0 Å². The standard InChI is InChI=1S/C18H8Br14O/c19-7-5(8(20)12(24)15(27)11(7)23)17(29,30)1-3-33-4-2-18(31,32)6-9(21)13(25)16(28)14(26)10(6)22/h1-4H2. The normalized spacial score (nSPS) is 12.5. The molecule has 2 aromatic carbocycles. The summed E-state index contributed by atoms with van der Waals surface area (Å²) >= 11 is 51.8. The van der Waals surface area contributed by atoms with E-state index >= 15 is 0 Å². The SMILES string of the molecule is Brc1c(Br)c(Br)c(C(Br)(Br)CCOCCC(Br)(Br)c2c(Br)c(Br)c(Br)c(Br)c2Br)c(Br)c1Br. The zero-order chi connectivity index (χ0) is 25.5. The number of halogens is 14. The molecule has 0 N–H and O–H groups in total. The van der Waals surface area contributed by atoms with Crippen LogP contribution >= 0.6 is 223 Å². The molecule has 0 heterocycles. The second-order valence-corrected chi connectivity index (χ2v) is 21.9. The maximum atomic E-state index is 6.03. The van der Waals surface area contributed by atoms with Gasteiger partial charge in [-0.1, -0.05) is 63.7 Å². The van der Waals surface area contributed by atoms with E-state index in [1.807, 2.05) is 0 Å². The molecule has 0 aromatic heterocycles. The molecule has 33 heavy (non-hydrogen) atoms. The van der Waals surface area contributed by atoms with E-state index in [4.69, 9.17) is 4.74 Å². The van der Waals surface area contributed by atoms with Crippen LogP contribution < -0.4 is 0 Å². The second-order valence-electron chi connectivity index (χ2n) is 6.41. The van der Waals surface area contributed by atoms with E-state index in [-0.39, 0.29) is 0 Å². The summed E-state index contributed by atoms with van der Waals surface area (Å²) in [5.41, 5.74) is 2.03. The summed E-state index contributed by atoms with van der Waals surface area (Å²) in [6, 6.07) is 0. The Morgan fingerprint density at radius 3 is 0.848 bits per heavy atom. The van der Waals surface area contributed by atoms with E-state index < -0.39 is 6.47 Å². The largest absolute Gasteiger partial charge is 0.381 e. The Hall–Kier alpha value is 5.12. The molecule has 15 heteroatoms. The van der Waals surface area contributed by atoms with Gasteiger partial charge in [-0.3, -0.25) is 0 Å². The van der Waals surface area contributed by atoms with Gasteiger partial charge in [-0.2, -0.15) is 0 Å². The van der Waals surface area contributed by atoms with Gasteiger partial charge in [-0.05, 0) is 159 Å². The van der Waals surface area contributed by atoms with Crippen molar-refractivity contribution >= 4 is 223 Å². The Morgan fingerprint density at radius 2 is 0.606 bits per heavy atom. The van der Waals surface area contributed by atoms with E-state index in [0.717, 1.165) is 55.9 Å². The summed E-state index contributed by atoms with van der Waals surface area (Å²) in [5.74, 6) is 0. The molecule has 0 aliphatic carbocycles. The third-order valence-corrected chi connectivity index (χ3v) is 19.6. The highest BCUT2D eigenvalue weighted by molar-refractivity contribution is 9.25. The molecule has 0 radical (unpaired) electrons. The molecule has 1 nitrogen and oxygen atoms in total. The molecule has 0 saturated heterocycles. The minimum Gasteiger partial charge on any atom is -0.381 e. The maximum absolute atomic E-state index is 6.03. The summed E-state index contributed by atoms with van der Waals surface area (Å²) in [5, 5.41) is 0. The first-order chi connectivity index (χ1) is 15.1. The van der Waals surface area contributed by atoms with Crippen molar-refractivity contribution in [3.05, 3.63) is 55.9 Å². The van der Waals surface area contributed by atoms with Crippen LogP contribution in [0.4, 0.5) is 0 Å². The van der Waals surface area contributed by atoms with Crippen LogP contribution in [0.1, 0.15) is 24.0 Å². The smallest absolute Gasteiger partial charge is 0.110 e. The van der Waals surface area contributed by atoms with Gasteiger partial charge in [0.25, 0.3) is 0 Å². The van der Waals surface area contributed by atoms with E-state index in [0.29, 0.717) is 26.1 Å². The highest BCUT2D eigenvalue weighted by atomic mass is 79.9. The number of ether oxygens (including phenoxy) is 1. The Balaban J connectivity index is 2.10. The third-order valence-electron chi connectivity index (χ3n) is 4.27. The number of benzene rings is 2. The third kappa shape index (κ3) is 8.11. The maximum Gasteiger partial charge on any atom is 0.110 e. The summed E-state index contributed by atoms with van der Waals surface area (Å²) in [4.78, 5) is 0. The fourth-order valence-corrected chi connectivity index (χ4v) is 14.4. The molecule has 2 rings (SSSR count). The van der Waals surface area contributed by atoms with Crippen LogP contribution in [0.15, 0.2) is 44.7 Å².